The Bertz CT molecular complexity index is 837. The number of amides is 1. The maximum absolute atomic E-state index is 12.5. The van der Waals surface area contributed by atoms with Gasteiger partial charge >= 0.3 is 0 Å². The van der Waals surface area contributed by atoms with Crippen LogP contribution in [0.3, 0.4) is 0 Å². The number of ether oxygens (including phenoxy) is 1. The summed E-state index contributed by atoms with van der Waals surface area (Å²) in [5.74, 6) is 0.578. The highest BCUT2D eigenvalue weighted by atomic mass is 32.2. The second kappa shape index (κ2) is 5.88. The molecule has 3 rings (SSSR count). The van der Waals surface area contributed by atoms with Gasteiger partial charge in [0.15, 0.2) is 0 Å². The topological polar surface area (TPSA) is 88.6 Å². The lowest BCUT2D eigenvalue weighted by molar-refractivity contribution is -0.118. The number of anilines is 2. The van der Waals surface area contributed by atoms with Crippen LogP contribution in [0.2, 0.25) is 0 Å². The van der Waals surface area contributed by atoms with E-state index in [1.54, 1.807) is 31.3 Å². The molecule has 0 spiro atoms. The summed E-state index contributed by atoms with van der Waals surface area (Å²) in [6, 6.07) is 9.34. The monoisotopic (exact) mass is 333 g/mol. The molecule has 0 bridgehead atoms. The molecular weight excluding hydrogens is 318 g/mol. The highest BCUT2D eigenvalue weighted by molar-refractivity contribution is 7.92. The molecule has 1 amide bonds. The van der Waals surface area contributed by atoms with Crippen molar-refractivity contribution in [3.05, 3.63) is 42.6 Å². The zero-order chi connectivity index (χ0) is 16.4. The molecule has 0 fully saturated rings. The van der Waals surface area contributed by atoms with Crippen molar-refractivity contribution in [2.75, 3.05) is 23.3 Å². The van der Waals surface area contributed by atoms with E-state index in [1.165, 1.54) is 23.2 Å². The first-order chi connectivity index (χ1) is 11.0. The molecule has 2 heterocycles. The number of sulfonamides is 1. The van der Waals surface area contributed by atoms with E-state index in [0.717, 1.165) is 0 Å². The number of rotatable bonds is 3. The zero-order valence-corrected chi connectivity index (χ0v) is 13.2. The van der Waals surface area contributed by atoms with Crippen molar-refractivity contribution in [3.8, 4) is 5.75 Å². The number of hydrogen-bond acceptors (Lipinski definition) is 5. The Labute approximate surface area is 134 Å². The number of benzene rings is 1. The number of hydrogen-bond donors (Lipinski definition) is 1. The Morgan fingerprint density at radius 2 is 2.09 bits per heavy atom. The van der Waals surface area contributed by atoms with Crippen molar-refractivity contribution in [3.63, 3.8) is 0 Å². The van der Waals surface area contributed by atoms with Gasteiger partial charge in [-0.1, -0.05) is 6.07 Å². The molecule has 1 aromatic carbocycles. The van der Waals surface area contributed by atoms with Crippen LogP contribution in [0.5, 0.6) is 5.75 Å². The van der Waals surface area contributed by atoms with Crippen LogP contribution in [0.1, 0.15) is 6.42 Å². The third-order valence-corrected chi connectivity index (χ3v) is 4.81. The number of carbonyl (C=O) groups is 1. The summed E-state index contributed by atoms with van der Waals surface area (Å²) in [5.41, 5.74) is 0.427. The van der Waals surface area contributed by atoms with Crippen LogP contribution in [-0.2, 0) is 14.8 Å². The molecule has 120 valence electrons. The van der Waals surface area contributed by atoms with E-state index in [1.807, 2.05) is 0 Å². The van der Waals surface area contributed by atoms with Gasteiger partial charge in [0, 0.05) is 13.2 Å². The van der Waals surface area contributed by atoms with Gasteiger partial charge in [-0.05, 0) is 30.3 Å². The van der Waals surface area contributed by atoms with Crippen molar-refractivity contribution >= 4 is 27.4 Å². The fourth-order valence-corrected chi connectivity index (χ4v) is 3.25. The van der Waals surface area contributed by atoms with Crippen LogP contribution in [-0.4, -0.2) is 33.0 Å². The predicted octanol–water partition coefficient (Wildman–Crippen LogP) is 1.63. The van der Waals surface area contributed by atoms with Crippen molar-refractivity contribution in [2.24, 2.45) is 0 Å². The van der Waals surface area contributed by atoms with Gasteiger partial charge < -0.3 is 9.64 Å². The molecule has 1 N–H and O–H groups in total. The Morgan fingerprint density at radius 3 is 2.83 bits per heavy atom. The van der Waals surface area contributed by atoms with E-state index in [4.69, 9.17) is 4.74 Å². The van der Waals surface area contributed by atoms with Crippen LogP contribution in [0.25, 0.3) is 0 Å². The second-order valence-corrected chi connectivity index (χ2v) is 6.68. The van der Waals surface area contributed by atoms with Crippen molar-refractivity contribution < 1.29 is 17.9 Å². The minimum Gasteiger partial charge on any atom is -0.491 e. The molecule has 23 heavy (non-hydrogen) atoms. The molecule has 1 aromatic heterocycles. The number of aromatic nitrogens is 1. The van der Waals surface area contributed by atoms with E-state index in [9.17, 15) is 13.2 Å². The second-order valence-electron chi connectivity index (χ2n) is 5.00. The normalized spacial score (nSPS) is 14.7. The first-order valence-electron chi connectivity index (χ1n) is 6.95. The van der Waals surface area contributed by atoms with E-state index in [0.29, 0.717) is 11.4 Å². The molecule has 2 aromatic rings. The lowest BCUT2D eigenvalue weighted by atomic mass is 10.2. The first-order valence-corrected chi connectivity index (χ1v) is 8.43. The van der Waals surface area contributed by atoms with Gasteiger partial charge in [-0.15, -0.1) is 0 Å². The summed E-state index contributed by atoms with van der Waals surface area (Å²) in [6.45, 7) is 0.272. The number of nitrogens with zero attached hydrogens (tertiary/aromatic N) is 2. The molecule has 1 aliphatic heterocycles. The minimum atomic E-state index is -3.81. The van der Waals surface area contributed by atoms with Crippen molar-refractivity contribution in [1.82, 2.24) is 4.98 Å². The lowest BCUT2D eigenvalue weighted by Crippen LogP contribution is -2.25. The summed E-state index contributed by atoms with van der Waals surface area (Å²) < 4.78 is 32.8. The summed E-state index contributed by atoms with van der Waals surface area (Å²) in [4.78, 5) is 17.3. The Hall–Kier alpha value is -2.61. The molecule has 0 saturated heterocycles. The van der Waals surface area contributed by atoms with Gasteiger partial charge in [0.1, 0.15) is 11.6 Å². The Balaban J connectivity index is 1.98. The van der Waals surface area contributed by atoms with E-state index < -0.39 is 10.0 Å². The van der Waals surface area contributed by atoms with Gasteiger partial charge in [0.25, 0.3) is 10.0 Å². The molecule has 0 saturated carbocycles. The average Bonchev–Trinajstić information content (AvgIpc) is 2.67. The molecule has 0 atom stereocenters. The number of fused-ring (bicyclic) bond motifs is 1. The summed E-state index contributed by atoms with van der Waals surface area (Å²) in [5, 5.41) is 0. The molecule has 8 heteroatoms. The van der Waals surface area contributed by atoms with Crippen LogP contribution in [0.15, 0.2) is 47.5 Å². The number of nitrogens with one attached hydrogen (secondary N) is 1. The molecule has 0 aliphatic carbocycles. The standard InChI is InChI=1S/C15H15N3O4S/c1-18-12-10-11(5-6-13(12)22-9-7-15(18)19)23(20,21)17-14-4-2-3-8-16-14/h2-6,8,10H,7,9H2,1H3,(H,16,17). The van der Waals surface area contributed by atoms with Gasteiger partial charge in [0.2, 0.25) is 5.91 Å². The van der Waals surface area contributed by atoms with Crippen LogP contribution in [0, 0.1) is 0 Å². The fraction of sp³-hybridized carbons (Fsp3) is 0.200. The fourth-order valence-electron chi connectivity index (χ4n) is 2.22. The van der Waals surface area contributed by atoms with Gasteiger partial charge in [-0.2, -0.15) is 0 Å². The Kier molecular flexibility index (Phi) is 3.91. The summed E-state index contributed by atoms with van der Waals surface area (Å²) in [6.07, 6.45) is 1.74. The zero-order valence-electron chi connectivity index (χ0n) is 12.4. The lowest BCUT2D eigenvalue weighted by Gasteiger charge is -2.17. The third kappa shape index (κ3) is 3.11. The van der Waals surface area contributed by atoms with Crippen LogP contribution in [0.4, 0.5) is 11.5 Å². The first kappa shape index (κ1) is 15.3. The molecular formula is C15H15N3O4S. The third-order valence-electron chi connectivity index (χ3n) is 3.45. The van der Waals surface area contributed by atoms with Crippen molar-refractivity contribution in [1.29, 1.82) is 0 Å². The maximum Gasteiger partial charge on any atom is 0.263 e. The van der Waals surface area contributed by atoms with Crippen molar-refractivity contribution in [2.45, 2.75) is 11.3 Å². The SMILES string of the molecule is CN1C(=O)CCOc2ccc(S(=O)(=O)Nc3ccccn3)cc21. The predicted molar refractivity (Wildman–Crippen MR) is 85.0 cm³/mol. The minimum absolute atomic E-state index is 0.0343. The largest absolute Gasteiger partial charge is 0.491 e. The molecule has 0 unspecified atom stereocenters. The Morgan fingerprint density at radius 1 is 1.26 bits per heavy atom. The summed E-state index contributed by atoms with van der Waals surface area (Å²) >= 11 is 0. The highest BCUT2D eigenvalue weighted by Crippen LogP contribution is 2.33. The van der Waals surface area contributed by atoms with Crippen LogP contribution < -0.4 is 14.4 Å². The quantitative estimate of drug-likeness (QED) is 0.922. The van der Waals surface area contributed by atoms with E-state index >= 15 is 0 Å². The maximum atomic E-state index is 12.5. The highest BCUT2D eigenvalue weighted by Gasteiger charge is 2.23. The number of carbonyl (C=O) groups excluding carboxylic acids is 1. The van der Waals surface area contributed by atoms with E-state index in [2.05, 4.69) is 9.71 Å². The molecule has 7 nitrogen and oxygen atoms in total. The van der Waals surface area contributed by atoms with Crippen LogP contribution >= 0.6 is 0 Å². The molecule has 1 aliphatic rings. The smallest absolute Gasteiger partial charge is 0.263 e. The number of pyridine rings is 1. The van der Waals surface area contributed by atoms with Gasteiger partial charge in [-0.3, -0.25) is 9.52 Å². The average molecular weight is 333 g/mol. The summed E-state index contributed by atoms with van der Waals surface area (Å²) in [7, 11) is -2.21. The van der Waals surface area contributed by atoms with Gasteiger partial charge in [-0.25, -0.2) is 13.4 Å². The van der Waals surface area contributed by atoms with Gasteiger partial charge in [0.05, 0.1) is 23.6 Å². The molecule has 0 radical (unpaired) electrons. The van der Waals surface area contributed by atoms with E-state index in [-0.39, 0.29) is 29.6 Å².